The van der Waals surface area contributed by atoms with Crippen LogP contribution in [-0.4, -0.2) is 58.1 Å². The molecule has 0 aliphatic carbocycles. The van der Waals surface area contributed by atoms with Gasteiger partial charge in [0.15, 0.2) is 0 Å². The molecular formula is C22H25FN6O. The number of halogens is 1. The molecule has 156 valence electrons. The standard InChI is InChI=1S/C22H25FN6O/c1-15-7-18(25-17-5-6-28(11-17)21-12-30-13-21)10-19(8-15)26-22-24-14-29(27-22)20-4-2-3-16(23)9-20/h2-4,7-10,14,17,21,25H,5-6,11-13H2,1H3,(H,26,27). The van der Waals surface area contributed by atoms with Gasteiger partial charge in [-0.3, -0.25) is 4.90 Å². The highest BCUT2D eigenvalue weighted by atomic mass is 19.1. The number of aromatic nitrogens is 3. The van der Waals surface area contributed by atoms with Crippen molar-refractivity contribution in [2.75, 3.05) is 36.9 Å². The number of nitrogens with zero attached hydrogens (tertiary/aromatic N) is 4. The highest BCUT2D eigenvalue weighted by Gasteiger charge is 2.32. The summed E-state index contributed by atoms with van der Waals surface area (Å²) >= 11 is 0. The van der Waals surface area contributed by atoms with Crippen LogP contribution in [0.25, 0.3) is 5.69 Å². The molecular weight excluding hydrogens is 383 g/mol. The van der Waals surface area contributed by atoms with Crippen molar-refractivity contribution in [3.63, 3.8) is 0 Å². The van der Waals surface area contributed by atoms with Crippen molar-refractivity contribution >= 4 is 17.3 Å². The molecule has 2 aromatic carbocycles. The van der Waals surface area contributed by atoms with Gasteiger partial charge in [0.25, 0.3) is 0 Å². The topological polar surface area (TPSA) is 67.2 Å². The van der Waals surface area contributed by atoms with E-state index in [-0.39, 0.29) is 5.82 Å². The molecule has 3 heterocycles. The van der Waals surface area contributed by atoms with Gasteiger partial charge in [0.2, 0.25) is 5.95 Å². The van der Waals surface area contributed by atoms with Crippen LogP contribution in [0, 0.1) is 12.7 Å². The summed E-state index contributed by atoms with van der Waals surface area (Å²) in [6.07, 6.45) is 2.70. The summed E-state index contributed by atoms with van der Waals surface area (Å²) in [5.41, 5.74) is 3.77. The van der Waals surface area contributed by atoms with Gasteiger partial charge < -0.3 is 15.4 Å². The second-order valence-corrected chi connectivity index (χ2v) is 8.02. The first-order valence-corrected chi connectivity index (χ1v) is 10.3. The second kappa shape index (κ2) is 8.04. The van der Waals surface area contributed by atoms with Crippen molar-refractivity contribution in [1.29, 1.82) is 0 Å². The minimum absolute atomic E-state index is 0.303. The predicted molar refractivity (Wildman–Crippen MR) is 114 cm³/mol. The molecule has 0 spiro atoms. The Morgan fingerprint density at radius 1 is 1.13 bits per heavy atom. The van der Waals surface area contributed by atoms with E-state index in [2.05, 4.69) is 50.7 Å². The van der Waals surface area contributed by atoms with Gasteiger partial charge in [0.05, 0.1) is 24.9 Å². The average Bonchev–Trinajstić information content (AvgIpc) is 3.30. The fourth-order valence-corrected chi connectivity index (χ4v) is 4.04. The zero-order chi connectivity index (χ0) is 20.5. The lowest BCUT2D eigenvalue weighted by molar-refractivity contribution is -0.0571. The molecule has 2 aliphatic heterocycles. The second-order valence-electron chi connectivity index (χ2n) is 8.02. The third kappa shape index (κ3) is 4.15. The molecule has 2 fully saturated rings. The molecule has 0 saturated carbocycles. The van der Waals surface area contributed by atoms with E-state index in [9.17, 15) is 4.39 Å². The van der Waals surface area contributed by atoms with E-state index in [4.69, 9.17) is 4.74 Å². The van der Waals surface area contributed by atoms with E-state index in [1.54, 1.807) is 23.1 Å². The van der Waals surface area contributed by atoms with Crippen LogP contribution in [0.4, 0.5) is 21.7 Å². The first-order valence-electron chi connectivity index (χ1n) is 10.3. The van der Waals surface area contributed by atoms with E-state index in [0.29, 0.717) is 23.7 Å². The van der Waals surface area contributed by atoms with E-state index in [1.165, 1.54) is 12.1 Å². The molecule has 0 bridgehead atoms. The summed E-state index contributed by atoms with van der Waals surface area (Å²) in [6, 6.07) is 13.6. The Bertz CT molecular complexity index is 1030. The minimum Gasteiger partial charge on any atom is -0.381 e. The van der Waals surface area contributed by atoms with E-state index >= 15 is 0 Å². The molecule has 3 aromatic rings. The van der Waals surface area contributed by atoms with Crippen molar-refractivity contribution in [3.05, 3.63) is 60.2 Å². The number of hydrogen-bond acceptors (Lipinski definition) is 6. The zero-order valence-corrected chi connectivity index (χ0v) is 16.9. The normalized spacial score (nSPS) is 19.6. The Kier molecular flexibility index (Phi) is 5.10. The van der Waals surface area contributed by atoms with Gasteiger partial charge in [-0.1, -0.05) is 6.07 Å². The van der Waals surface area contributed by atoms with E-state index in [1.807, 2.05) is 0 Å². The summed E-state index contributed by atoms with van der Waals surface area (Å²) in [5, 5.41) is 11.3. The van der Waals surface area contributed by atoms with Crippen LogP contribution in [0.2, 0.25) is 0 Å². The molecule has 7 nitrogen and oxygen atoms in total. The molecule has 0 amide bonds. The Morgan fingerprint density at radius 3 is 2.80 bits per heavy atom. The minimum atomic E-state index is -0.303. The molecule has 1 unspecified atom stereocenters. The maximum absolute atomic E-state index is 13.5. The SMILES string of the molecule is Cc1cc(Nc2ncn(-c3cccc(F)c3)n2)cc(NC2CCN(C3COC3)C2)c1. The van der Waals surface area contributed by atoms with Crippen LogP contribution in [0.3, 0.4) is 0 Å². The van der Waals surface area contributed by atoms with Gasteiger partial charge in [-0.05, 0) is 55.3 Å². The van der Waals surface area contributed by atoms with Crippen LogP contribution in [0.5, 0.6) is 0 Å². The van der Waals surface area contributed by atoms with Crippen LogP contribution in [0.1, 0.15) is 12.0 Å². The number of ether oxygens (including phenoxy) is 1. The third-order valence-corrected chi connectivity index (χ3v) is 5.63. The predicted octanol–water partition coefficient (Wildman–Crippen LogP) is 3.34. The molecule has 8 heteroatoms. The lowest BCUT2D eigenvalue weighted by Crippen LogP contribution is -2.48. The summed E-state index contributed by atoms with van der Waals surface area (Å²) in [6.45, 7) is 5.96. The molecule has 2 aliphatic rings. The van der Waals surface area contributed by atoms with Gasteiger partial charge in [-0.15, -0.1) is 5.10 Å². The van der Waals surface area contributed by atoms with Gasteiger partial charge in [-0.2, -0.15) is 4.98 Å². The zero-order valence-electron chi connectivity index (χ0n) is 16.9. The first kappa shape index (κ1) is 19.0. The summed E-state index contributed by atoms with van der Waals surface area (Å²) in [4.78, 5) is 6.82. The fraction of sp³-hybridized carbons (Fsp3) is 0.364. The molecule has 0 radical (unpaired) electrons. The van der Waals surface area contributed by atoms with Crippen molar-refractivity contribution in [2.45, 2.75) is 25.4 Å². The lowest BCUT2D eigenvalue weighted by Gasteiger charge is -2.34. The van der Waals surface area contributed by atoms with Gasteiger partial charge >= 0.3 is 0 Å². The van der Waals surface area contributed by atoms with Gasteiger partial charge in [0.1, 0.15) is 12.1 Å². The van der Waals surface area contributed by atoms with Crippen LogP contribution in [-0.2, 0) is 4.74 Å². The molecule has 30 heavy (non-hydrogen) atoms. The molecule has 2 saturated heterocycles. The average molecular weight is 408 g/mol. The molecule has 1 atom stereocenters. The smallest absolute Gasteiger partial charge is 0.246 e. The van der Waals surface area contributed by atoms with Crippen LogP contribution in [0.15, 0.2) is 48.8 Å². The van der Waals surface area contributed by atoms with Crippen molar-refractivity contribution in [3.8, 4) is 5.69 Å². The molecule has 5 rings (SSSR count). The Morgan fingerprint density at radius 2 is 2.00 bits per heavy atom. The van der Waals surface area contributed by atoms with Crippen molar-refractivity contribution in [2.24, 2.45) is 0 Å². The number of aryl methyl sites for hydroxylation is 1. The van der Waals surface area contributed by atoms with Crippen LogP contribution >= 0.6 is 0 Å². The molecule has 2 N–H and O–H groups in total. The summed E-state index contributed by atoms with van der Waals surface area (Å²) in [5.74, 6) is 0.162. The summed E-state index contributed by atoms with van der Waals surface area (Å²) in [7, 11) is 0. The number of benzene rings is 2. The molecule has 1 aromatic heterocycles. The maximum atomic E-state index is 13.5. The number of hydrogen-bond donors (Lipinski definition) is 2. The van der Waals surface area contributed by atoms with Crippen LogP contribution < -0.4 is 10.6 Å². The Balaban J connectivity index is 1.26. The largest absolute Gasteiger partial charge is 0.381 e. The maximum Gasteiger partial charge on any atom is 0.246 e. The first-order chi connectivity index (χ1) is 14.6. The number of likely N-dealkylation sites (tertiary alicyclic amines) is 1. The van der Waals surface area contributed by atoms with E-state index in [0.717, 1.165) is 49.7 Å². The lowest BCUT2D eigenvalue weighted by atomic mass is 10.1. The Hall–Kier alpha value is -2.97. The van der Waals surface area contributed by atoms with Gasteiger partial charge in [0, 0.05) is 30.5 Å². The van der Waals surface area contributed by atoms with Crippen molar-refractivity contribution in [1.82, 2.24) is 19.7 Å². The van der Waals surface area contributed by atoms with E-state index < -0.39 is 0 Å². The number of nitrogens with one attached hydrogen (secondary N) is 2. The number of anilines is 3. The third-order valence-electron chi connectivity index (χ3n) is 5.63. The highest BCUT2D eigenvalue weighted by molar-refractivity contribution is 5.63. The summed E-state index contributed by atoms with van der Waals surface area (Å²) < 4.78 is 20.3. The van der Waals surface area contributed by atoms with Gasteiger partial charge in [-0.25, -0.2) is 9.07 Å². The fourth-order valence-electron chi connectivity index (χ4n) is 4.04. The quantitative estimate of drug-likeness (QED) is 0.652. The number of rotatable bonds is 6. The highest BCUT2D eigenvalue weighted by Crippen LogP contribution is 2.25. The Labute approximate surface area is 174 Å². The van der Waals surface area contributed by atoms with Crippen molar-refractivity contribution < 1.29 is 9.13 Å². The monoisotopic (exact) mass is 408 g/mol.